The van der Waals surface area contributed by atoms with E-state index in [0.29, 0.717) is 13.0 Å². The Balaban J connectivity index is 2.37. The van der Waals surface area contributed by atoms with Crippen LogP contribution in [0.5, 0.6) is 0 Å². The Morgan fingerprint density at radius 1 is 1.25 bits per heavy atom. The van der Waals surface area contributed by atoms with Gasteiger partial charge in [0.2, 0.25) is 0 Å². The molecule has 20 heavy (non-hydrogen) atoms. The van der Waals surface area contributed by atoms with E-state index in [1.165, 1.54) is 0 Å². The number of hydrogen-bond donors (Lipinski definition) is 3. The molecule has 0 radical (unpaired) electrons. The Morgan fingerprint density at radius 3 is 2.45 bits per heavy atom. The molecular weight excluding hydrogens is 256 g/mol. The second-order valence-electron chi connectivity index (χ2n) is 4.84. The molecule has 2 atom stereocenters. The summed E-state index contributed by atoms with van der Waals surface area (Å²) in [5, 5.41) is 14.3. The summed E-state index contributed by atoms with van der Waals surface area (Å²) in [6, 6.07) is 8.51. The number of carboxylic acids is 1. The van der Waals surface area contributed by atoms with Crippen LogP contribution in [0.15, 0.2) is 30.3 Å². The lowest BCUT2D eigenvalue weighted by Crippen LogP contribution is -2.49. The van der Waals surface area contributed by atoms with Gasteiger partial charge >= 0.3 is 12.0 Å². The summed E-state index contributed by atoms with van der Waals surface area (Å²) in [4.78, 5) is 22.8. The summed E-state index contributed by atoms with van der Waals surface area (Å²) in [6.07, 6.45) is 1.41. The normalized spacial score (nSPS) is 13.3. The Hall–Kier alpha value is -2.04. The van der Waals surface area contributed by atoms with Gasteiger partial charge in [-0.05, 0) is 17.9 Å². The quantitative estimate of drug-likeness (QED) is 0.714. The molecule has 3 N–H and O–H groups in total. The number of rotatable bonds is 7. The topological polar surface area (TPSA) is 78.4 Å². The van der Waals surface area contributed by atoms with Crippen LogP contribution in [0.3, 0.4) is 0 Å². The molecule has 2 amide bonds. The lowest BCUT2D eigenvalue weighted by molar-refractivity contribution is -0.140. The zero-order chi connectivity index (χ0) is 15.0. The van der Waals surface area contributed by atoms with E-state index in [1.807, 2.05) is 44.2 Å². The van der Waals surface area contributed by atoms with Gasteiger partial charge in [-0.3, -0.25) is 0 Å². The third-order valence-corrected chi connectivity index (χ3v) is 3.31. The number of carboxylic acid groups (broad SMARTS) is 1. The van der Waals surface area contributed by atoms with Crippen LogP contribution in [0.4, 0.5) is 4.79 Å². The second kappa shape index (κ2) is 8.19. The molecule has 5 nitrogen and oxygen atoms in total. The molecule has 0 fully saturated rings. The van der Waals surface area contributed by atoms with Crippen LogP contribution in [-0.2, 0) is 11.2 Å². The molecule has 0 saturated carbocycles. The maximum absolute atomic E-state index is 11.7. The number of carbonyl (C=O) groups excluding carboxylic acids is 1. The minimum absolute atomic E-state index is 0.104. The molecule has 0 aliphatic rings. The fraction of sp³-hybridized carbons (Fsp3) is 0.467. The summed E-state index contributed by atoms with van der Waals surface area (Å²) in [6.45, 7) is 4.18. The third kappa shape index (κ3) is 5.30. The minimum Gasteiger partial charge on any atom is -0.480 e. The van der Waals surface area contributed by atoms with E-state index < -0.39 is 18.0 Å². The molecular formula is C15H22N2O3. The predicted octanol–water partition coefficient (Wildman–Crippen LogP) is 2.03. The van der Waals surface area contributed by atoms with Gasteiger partial charge in [-0.25, -0.2) is 9.59 Å². The number of nitrogens with one attached hydrogen (secondary N) is 2. The standard InChI is InChI=1S/C15H22N2O3/c1-3-11(2)13(14(18)19)17-15(20)16-10-9-12-7-5-4-6-8-12/h4-8,11,13H,3,9-10H2,1-2H3,(H,18,19)(H2,16,17,20). The number of hydrogen-bond acceptors (Lipinski definition) is 2. The summed E-state index contributed by atoms with van der Waals surface area (Å²) in [5.74, 6) is -1.11. The molecule has 0 heterocycles. The summed E-state index contributed by atoms with van der Waals surface area (Å²) in [7, 11) is 0. The van der Waals surface area contributed by atoms with E-state index in [0.717, 1.165) is 12.0 Å². The summed E-state index contributed by atoms with van der Waals surface area (Å²) < 4.78 is 0. The highest BCUT2D eigenvalue weighted by atomic mass is 16.4. The van der Waals surface area contributed by atoms with Gasteiger partial charge in [0.15, 0.2) is 0 Å². The first kappa shape index (κ1) is 16.0. The molecule has 0 aromatic heterocycles. The van der Waals surface area contributed by atoms with Gasteiger partial charge < -0.3 is 15.7 Å². The van der Waals surface area contributed by atoms with Crippen molar-refractivity contribution in [1.82, 2.24) is 10.6 Å². The van der Waals surface area contributed by atoms with Crippen molar-refractivity contribution < 1.29 is 14.7 Å². The van der Waals surface area contributed by atoms with Crippen molar-refractivity contribution in [2.24, 2.45) is 5.92 Å². The van der Waals surface area contributed by atoms with Gasteiger partial charge in [0.1, 0.15) is 6.04 Å². The SMILES string of the molecule is CCC(C)C(NC(=O)NCCc1ccccc1)C(=O)O. The molecule has 1 rings (SSSR count). The number of amides is 2. The summed E-state index contributed by atoms with van der Waals surface area (Å²) >= 11 is 0. The van der Waals surface area contributed by atoms with Gasteiger partial charge in [-0.1, -0.05) is 50.6 Å². The molecule has 1 aromatic rings. The zero-order valence-corrected chi connectivity index (χ0v) is 11.9. The van der Waals surface area contributed by atoms with Gasteiger partial charge in [-0.15, -0.1) is 0 Å². The van der Waals surface area contributed by atoms with Gasteiger partial charge in [0.25, 0.3) is 0 Å². The predicted molar refractivity (Wildman–Crippen MR) is 77.6 cm³/mol. The van der Waals surface area contributed by atoms with Crippen molar-refractivity contribution in [3.8, 4) is 0 Å². The molecule has 0 spiro atoms. The van der Waals surface area contributed by atoms with Crippen molar-refractivity contribution in [3.63, 3.8) is 0 Å². The minimum atomic E-state index is -1.00. The fourth-order valence-electron chi connectivity index (χ4n) is 1.84. The molecule has 0 aliphatic carbocycles. The maximum Gasteiger partial charge on any atom is 0.326 e. The Morgan fingerprint density at radius 2 is 1.90 bits per heavy atom. The first-order chi connectivity index (χ1) is 9.54. The van der Waals surface area contributed by atoms with Gasteiger partial charge in [0, 0.05) is 6.54 Å². The van der Waals surface area contributed by atoms with Crippen molar-refractivity contribution >= 4 is 12.0 Å². The second-order valence-corrected chi connectivity index (χ2v) is 4.84. The van der Waals surface area contributed by atoms with E-state index in [-0.39, 0.29) is 5.92 Å². The van der Waals surface area contributed by atoms with Crippen LogP contribution >= 0.6 is 0 Å². The van der Waals surface area contributed by atoms with Crippen LogP contribution < -0.4 is 10.6 Å². The fourth-order valence-corrected chi connectivity index (χ4v) is 1.84. The van der Waals surface area contributed by atoms with Crippen molar-refractivity contribution in [1.29, 1.82) is 0 Å². The highest BCUT2D eigenvalue weighted by Gasteiger charge is 2.24. The third-order valence-electron chi connectivity index (χ3n) is 3.31. The first-order valence-electron chi connectivity index (χ1n) is 6.85. The van der Waals surface area contributed by atoms with Gasteiger partial charge in [0.05, 0.1) is 0 Å². The summed E-state index contributed by atoms with van der Waals surface area (Å²) in [5.41, 5.74) is 1.13. The van der Waals surface area contributed by atoms with Crippen LogP contribution in [0.25, 0.3) is 0 Å². The van der Waals surface area contributed by atoms with Crippen molar-refractivity contribution in [3.05, 3.63) is 35.9 Å². The van der Waals surface area contributed by atoms with E-state index in [2.05, 4.69) is 10.6 Å². The van der Waals surface area contributed by atoms with Crippen molar-refractivity contribution in [2.45, 2.75) is 32.7 Å². The number of carbonyl (C=O) groups is 2. The number of urea groups is 1. The molecule has 2 unspecified atom stereocenters. The first-order valence-corrected chi connectivity index (χ1v) is 6.85. The molecule has 0 aliphatic heterocycles. The zero-order valence-electron chi connectivity index (χ0n) is 11.9. The Labute approximate surface area is 119 Å². The monoisotopic (exact) mass is 278 g/mol. The molecule has 5 heteroatoms. The molecule has 1 aromatic carbocycles. The largest absolute Gasteiger partial charge is 0.480 e. The highest BCUT2D eigenvalue weighted by Crippen LogP contribution is 2.07. The average Bonchev–Trinajstić information content (AvgIpc) is 2.45. The number of aliphatic carboxylic acids is 1. The Kier molecular flexibility index (Phi) is 6.56. The molecule has 110 valence electrons. The van der Waals surface area contributed by atoms with Gasteiger partial charge in [-0.2, -0.15) is 0 Å². The molecule has 0 saturated heterocycles. The van der Waals surface area contributed by atoms with E-state index in [1.54, 1.807) is 0 Å². The lowest BCUT2D eigenvalue weighted by Gasteiger charge is -2.20. The van der Waals surface area contributed by atoms with E-state index >= 15 is 0 Å². The van der Waals surface area contributed by atoms with Crippen LogP contribution in [-0.4, -0.2) is 29.7 Å². The van der Waals surface area contributed by atoms with E-state index in [4.69, 9.17) is 5.11 Å². The average molecular weight is 278 g/mol. The molecule has 0 bridgehead atoms. The Bertz CT molecular complexity index is 434. The van der Waals surface area contributed by atoms with Crippen LogP contribution in [0.1, 0.15) is 25.8 Å². The van der Waals surface area contributed by atoms with Crippen molar-refractivity contribution in [2.75, 3.05) is 6.54 Å². The highest BCUT2D eigenvalue weighted by molar-refractivity contribution is 5.82. The van der Waals surface area contributed by atoms with E-state index in [9.17, 15) is 9.59 Å². The van der Waals surface area contributed by atoms with Crippen LogP contribution in [0.2, 0.25) is 0 Å². The van der Waals surface area contributed by atoms with Crippen LogP contribution in [0, 0.1) is 5.92 Å². The smallest absolute Gasteiger partial charge is 0.326 e. The number of benzene rings is 1. The lowest BCUT2D eigenvalue weighted by atomic mass is 9.99. The maximum atomic E-state index is 11.7.